The highest BCUT2D eigenvalue weighted by molar-refractivity contribution is 6.78. The molecule has 25 heavy (non-hydrogen) atoms. The van der Waals surface area contributed by atoms with E-state index in [4.69, 9.17) is 13.0 Å². The second-order valence-electron chi connectivity index (χ2n) is 9.07. The van der Waals surface area contributed by atoms with Crippen LogP contribution in [0.1, 0.15) is 89.9 Å². The summed E-state index contributed by atoms with van der Waals surface area (Å²) in [5.74, 6) is 0. The maximum Gasteiger partial charge on any atom is 0.323 e. The Kier molecular flexibility index (Phi) is 9.16. The maximum absolute atomic E-state index is 6.61. The Hall–Kier alpha value is 0.314. The Morgan fingerprint density at radius 2 is 0.760 bits per heavy atom. The molecule has 2 saturated carbocycles. The van der Waals surface area contributed by atoms with Crippen molar-refractivity contribution < 1.29 is 13.0 Å². The highest BCUT2D eigenvalue weighted by Gasteiger charge is 2.39. The van der Waals surface area contributed by atoms with Gasteiger partial charge in [0.2, 0.25) is 0 Å². The fourth-order valence-corrected chi connectivity index (χ4v) is 11.7. The van der Waals surface area contributed by atoms with E-state index in [0.29, 0.717) is 12.2 Å². The molecule has 0 aliphatic heterocycles. The normalized spacial score (nSPS) is 23.5. The molecule has 0 spiro atoms. The van der Waals surface area contributed by atoms with Gasteiger partial charge in [0.15, 0.2) is 0 Å². The minimum absolute atomic E-state index is 0.410. The third-order valence-electron chi connectivity index (χ3n) is 5.50. The minimum Gasteiger partial charge on any atom is -0.415 e. The highest BCUT2D eigenvalue weighted by Crippen LogP contribution is 2.28. The van der Waals surface area contributed by atoms with Crippen LogP contribution >= 0.6 is 0 Å². The second kappa shape index (κ2) is 10.6. The van der Waals surface area contributed by atoms with Crippen LogP contribution in [0, 0.1) is 0 Å². The zero-order chi connectivity index (χ0) is 18.2. The van der Waals surface area contributed by atoms with E-state index in [2.05, 4.69) is 26.2 Å². The Balaban J connectivity index is 1.82. The van der Waals surface area contributed by atoms with E-state index in [9.17, 15) is 0 Å². The maximum atomic E-state index is 6.61. The van der Waals surface area contributed by atoms with Crippen molar-refractivity contribution >= 4 is 17.1 Å². The Morgan fingerprint density at radius 1 is 0.480 bits per heavy atom. The summed E-state index contributed by atoms with van der Waals surface area (Å²) in [5, 5.41) is 0. The van der Waals surface area contributed by atoms with Crippen molar-refractivity contribution in [2.24, 2.45) is 0 Å². The molecule has 0 amide bonds. The zero-order valence-electron chi connectivity index (χ0n) is 17.3. The summed E-state index contributed by atoms with van der Waals surface area (Å²) >= 11 is 0. The molecule has 2 rings (SSSR count). The molecule has 3 nitrogen and oxygen atoms in total. The van der Waals surface area contributed by atoms with Crippen LogP contribution in [0.4, 0.5) is 0 Å². The highest BCUT2D eigenvalue weighted by atomic mass is 28.5. The third-order valence-corrected chi connectivity index (χ3v) is 11.2. The predicted molar refractivity (Wildman–Crippen MR) is 110 cm³/mol. The fraction of sp³-hybridized carbons (Fsp3) is 1.00. The first-order valence-corrected chi connectivity index (χ1v) is 16.6. The van der Waals surface area contributed by atoms with E-state index in [-0.39, 0.29) is 0 Å². The van der Waals surface area contributed by atoms with Gasteiger partial charge in [0, 0.05) is 12.2 Å². The quantitative estimate of drug-likeness (QED) is 0.477. The van der Waals surface area contributed by atoms with Gasteiger partial charge in [-0.15, -0.1) is 0 Å². The molecule has 2 fully saturated rings. The molecule has 0 aromatic carbocycles. The van der Waals surface area contributed by atoms with Gasteiger partial charge < -0.3 is 13.0 Å². The Labute approximate surface area is 158 Å². The van der Waals surface area contributed by atoms with E-state index in [1.54, 1.807) is 0 Å². The van der Waals surface area contributed by atoms with Gasteiger partial charge in [-0.25, -0.2) is 0 Å². The average Bonchev–Trinajstić information content (AvgIpc) is 2.43. The van der Waals surface area contributed by atoms with Crippen LogP contribution in [0.15, 0.2) is 0 Å². The molecule has 5 heteroatoms. The summed E-state index contributed by atoms with van der Waals surface area (Å²) < 4.78 is 19.7. The van der Waals surface area contributed by atoms with E-state index < -0.39 is 17.1 Å². The van der Waals surface area contributed by atoms with Crippen LogP contribution in [0.5, 0.6) is 0 Å². The lowest BCUT2D eigenvalue weighted by molar-refractivity contribution is 0.0955. The second-order valence-corrected chi connectivity index (χ2v) is 16.0. The predicted octanol–water partition coefficient (Wildman–Crippen LogP) is 6.67. The van der Waals surface area contributed by atoms with Crippen LogP contribution in [-0.4, -0.2) is 29.3 Å². The van der Waals surface area contributed by atoms with Gasteiger partial charge in [0.25, 0.3) is 0 Å². The molecule has 0 aromatic rings. The van der Waals surface area contributed by atoms with Gasteiger partial charge in [-0.3, -0.25) is 0 Å². The largest absolute Gasteiger partial charge is 0.415 e. The van der Waals surface area contributed by atoms with Gasteiger partial charge in [-0.05, 0) is 51.9 Å². The molecule has 0 aromatic heterocycles. The SMILES string of the molecule is C[Si](C)(OC1CCCCCCC1)O[Si](C)(C)OC1CCCCCCC1. The standard InChI is InChI=1S/C20H42O3Si2/c1-24(2,21-19-15-11-7-5-8-12-16-19)23-25(3,4)22-20-17-13-9-6-10-14-18-20/h19-20H,5-18H2,1-4H3. The van der Waals surface area contributed by atoms with E-state index in [1.807, 2.05) is 0 Å². The first kappa shape index (κ1) is 21.6. The molecule has 2 aliphatic rings. The van der Waals surface area contributed by atoms with Crippen LogP contribution in [0.25, 0.3) is 0 Å². The first-order chi connectivity index (χ1) is 11.9. The van der Waals surface area contributed by atoms with Crippen LogP contribution in [0.3, 0.4) is 0 Å². The summed E-state index contributed by atoms with van der Waals surface area (Å²) in [5.41, 5.74) is 0. The average molecular weight is 387 g/mol. The molecule has 0 atom stereocenters. The van der Waals surface area contributed by atoms with Crippen LogP contribution in [-0.2, 0) is 13.0 Å². The van der Waals surface area contributed by atoms with Gasteiger partial charge in [-0.1, -0.05) is 64.2 Å². The number of rotatable bonds is 6. The lowest BCUT2D eigenvalue weighted by Crippen LogP contribution is -2.51. The molecule has 2 aliphatic carbocycles. The van der Waals surface area contributed by atoms with Crippen molar-refractivity contribution in [3.8, 4) is 0 Å². The molecule has 0 heterocycles. The monoisotopic (exact) mass is 386 g/mol. The number of hydrogen-bond donors (Lipinski definition) is 0. The van der Waals surface area contributed by atoms with Crippen molar-refractivity contribution in [1.82, 2.24) is 0 Å². The smallest absolute Gasteiger partial charge is 0.323 e. The van der Waals surface area contributed by atoms with Gasteiger partial charge in [0.05, 0.1) is 0 Å². The first-order valence-electron chi connectivity index (χ1n) is 10.9. The molecule has 148 valence electrons. The summed E-state index contributed by atoms with van der Waals surface area (Å²) in [6.45, 7) is 8.90. The fourth-order valence-electron chi connectivity index (χ4n) is 4.52. The molecule has 0 radical (unpaired) electrons. The lowest BCUT2D eigenvalue weighted by Gasteiger charge is -2.38. The summed E-state index contributed by atoms with van der Waals surface area (Å²) in [7, 11) is -4.27. The summed E-state index contributed by atoms with van der Waals surface area (Å²) in [6, 6.07) is 0. The van der Waals surface area contributed by atoms with E-state index in [1.165, 1.54) is 89.9 Å². The lowest BCUT2D eigenvalue weighted by atomic mass is 9.99. The molecular formula is C20H42O3Si2. The Morgan fingerprint density at radius 3 is 1.08 bits per heavy atom. The van der Waals surface area contributed by atoms with Crippen LogP contribution < -0.4 is 0 Å². The molecule has 0 bridgehead atoms. The van der Waals surface area contributed by atoms with Crippen molar-refractivity contribution in [2.75, 3.05) is 0 Å². The number of hydrogen-bond acceptors (Lipinski definition) is 3. The van der Waals surface area contributed by atoms with Crippen molar-refractivity contribution in [3.05, 3.63) is 0 Å². The Bertz CT molecular complexity index is 324. The summed E-state index contributed by atoms with van der Waals surface area (Å²) in [6.07, 6.45) is 19.2. The van der Waals surface area contributed by atoms with Crippen molar-refractivity contribution in [3.63, 3.8) is 0 Å². The molecule has 0 saturated heterocycles. The minimum atomic E-state index is -2.14. The van der Waals surface area contributed by atoms with Crippen LogP contribution in [0.2, 0.25) is 26.2 Å². The van der Waals surface area contributed by atoms with Gasteiger partial charge in [-0.2, -0.15) is 0 Å². The summed E-state index contributed by atoms with van der Waals surface area (Å²) in [4.78, 5) is 0. The van der Waals surface area contributed by atoms with Crippen molar-refractivity contribution in [1.29, 1.82) is 0 Å². The van der Waals surface area contributed by atoms with Gasteiger partial charge in [0.1, 0.15) is 0 Å². The topological polar surface area (TPSA) is 27.7 Å². The molecule has 0 unspecified atom stereocenters. The van der Waals surface area contributed by atoms with Crippen molar-refractivity contribution in [2.45, 2.75) is 128 Å². The molecule has 0 N–H and O–H groups in total. The van der Waals surface area contributed by atoms with E-state index in [0.717, 1.165) is 0 Å². The molecular weight excluding hydrogens is 344 g/mol. The van der Waals surface area contributed by atoms with E-state index >= 15 is 0 Å². The van der Waals surface area contributed by atoms with Gasteiger partial charge >= 0.3 is 17.1 Å². The zero-order valence-corrected chi connectivity index (χ0v) is 19.3. The third kappa shape index (κ3) is 9.18.